The average Bonchev–Trinajstić information content (AvgIpc) is 2.96. The molecule has 0 aromatic carbocycles. The maximum Gasteiger partial charge on any atom is 0.303 e. The van der Waals surface area contributed by atoms with Gasteiger partial charge in [-0.2, -0.15) is 0 Å². The van der Waals surface area contributed by atoms with Crippen LogP contribution >= 0.6 is 0 Å². The monoisotopic (exact) mass is 388 g/mol. The minimum absolute atomic E-state index is 0.00443. The van der Waals surface area contributed by atoms with Gasteiger partial charge in [0, 0.05) is 18.8 Å². The number of aliphatic carboxylic acids is 1. The summed E-state index contributed by atoms with van der Waals surface area (Å²) >= 11 is 0. The molecule has 9 heteroatoms. The Kier molecular flexibility index (Phi) is 8.33. The number of carbonyl (C=O) groups excluding carboxylic acids is 1. The molecular formula is C18H28O9. The summed E-state index contributed by atoms with van der Waals surface area (Å²) < 4.78 is 10.6. The molecule has 0 aromatic rings. The fourth-order valence-corrected chi connectivity index (χ4v) is 3.59. The zero-order valence-corrected chi connectivity index (χ0v) is 15.0. The van der Waals surface area contributed by atoms with Gasteiger partial charge in [0.15, 0.2) is 6.29 Å². The molecule has 1 saturated heterocycles. The Bertz CT molecular complexity index is 533. The van der Waals surface area contributed by atoms with Crippen molar-refractivity contribution in [3.63, 3.8) is 0 Å². The lowest BCUT2D eigenvalue weighted by molar-refractivity contribution is -0.300. The Morgan fingerprint density at radius 2 is 1.93 bits per heavy atom. The molecule has 7 atom stereocenters. The number of allylic oxidation sites excluding steroid dienone is 1. The molecular weight excluding hydrogens is 360 g/mol. The van der Waals surface area contributed by atoms with Crippen molar-refractivity contribution in [1.82, 2.24) is 0 Å². The van der Waals surface area contributed by atoms with Crippen LogP contribution in [-0.4, -0.2) is 81.2 Å². The first-order chi connectivity index (χ1) is 12.8. The fourth-order valence-electron chi connectivity index (χ4n) is 3.59. The van der Waals surface area contributed by atoms with E-state index < -0.39 is 43.3 Å². The van der Waals surface area contributed by atoms with Gasteiger partial charge in [0.05, 0.1) is 13.2 Å². The first-order valence-corrected chi connectivity index (χ1v) is 9.16. The Hall–Kier alpha value is -1.36. The van der Waals surface area contributed by atoms with E-state index in [1.54, 1.807) is 6.08 Å². The largest absolute Gasteiger partial charge is 0.481 e. The third-order valence-electron chi connectivity index (χ3n) is 5.15. The Morgan fingerprint density at radius 3 is 2.59 bits per heavy atom. The molecule has 0 aromatic heterocycles. The molecule has 2 rings (SSSR count). The number of ketones is 1. The van der Waals surface area contributed by atoms with Crippen molar-refractivity contribution in [3.05, 3.63) is 12.2 Å². The predicted octanol–water partition coefficient (Wildman–Crippen LogP) is -0.791. The molecule has 5 N–H and O–H groups in total. The fraction of sp³-hybridized carbons (Fsp3) is 0.778. The second-order valence-electron chi connectivity index (χ2n) is 7.03. The van der Waals surface area contributed by atoms with Crippen molar-refractivity contribution in [1.29, 1.82) is 0 Å². The van der Waals surface area contributed by atoms with Crippen molar-refractivity contribution in [2.75, 3.05) is 13.2 Å². The number of ether oxygens (including phenoxy) is 2. The van der Waals surface area contributed by atoms with Gasteiger partial charge in [0.2, 0.25) is 0 Å². The molecule has 1 aliphatic carbocycles. The number of Topliss-reactive ketones (excluding diaryl/α,β-unsaturated/α-hetero) is 1. The lowest BCUT2D eigenvalue weighted by Gasteiger charge is -2.39. The van der Waals surface area contributed by atoms with E-state index in [4.69, 9.17) is 19.7 Å². The Morgan fingerprint density at radius 1 is 1.19 bits per heavy atom. The van der Waals surface area contributed by atoms with Crippen molar-refractivity contribution in [2.24, 2.45) is 11.8 Å². The number of hydrogen-bond donors (Lipinski definition) is 5. The van der Waals surface area contributed by atoms with Crippen LogP contribution in [0.4, 0.5) is 0 Å². The zero-order valence-electron chi connectivity index (χ0n) is 15.0. The van der Waals surface area contributed by atoms with Crippen LogP contribution in [0.25, 0.3) is 0 Å². The molecule has 0 bridgehead atoms. The summed E-state index contributed by atoms with van der Waals surface area (Å²) in [6.07, 6.45) is -0.898. The average molecular weight is 388 g/mol. The highest BCUT2D eigenvalue weighted by Crippen LogP contribution is 2.34. The van der Waals surface area contributed by atoms with E-state index in [0.29, 0.717) is 25.7 Å². The van der Waals surface area contributed by atoms with E-state index >= 15 is 0 Å². The standard InChI is InChI=1S/C18H28O9/c19-9-13-15(23)16(24)17(25)18(27-13)26-7-3-1-2-4-11-10(8-14(21)22)5-6-12(11)20/h1-2,10-11,13,15-19,23-25H,3-9H2,(H,21,22)/b2-1-/t10-,11-,13+,15-,16+,17+,18-/m1/s1. The quantitative estimate of drug-likeness (QED) is 0.252. The van der Waals surface area contributed by atoms with Crippen LogP contribution in [0.1, 0.15) is 32.1 Å². The molecule has 1 aliphatic heterocycles. The summed E-state index contributed by atoms with van der Waals surface area (Å²) in [5.74, 6) is -1.17. The molecule has 2 fully saturated rings. The van der Waals surface area contributed by atoms with Gasteiger partial charge in [0.25, 0.3) is 0 Å². The summed E-state index contributed by atoms with van der Waals surface area (Å²) in [6.45, 7) is -0.353. The summed E-state index contributed by atoms with van der Waals surface area (Å²) in [5.41, 5.74) is 0. The van der Waals surface area contributed by atoms with Crippen LogP contribution in [-0.2, 0) is 19.1 Å². The van der Waals surface area contributed by atoms with Crippen LogP contribution in [0.15, 0.2) is 12.2 Å². The molecule has 2 aliphatic rings. The number of aliphatic hydroxyl groups excluding tert-OH is 4. The van der Waals surface area contributed by atoms with Crippen molar-refractivity contribution >= 4 is 11.8 Å². The van der Waals surface area contributed by atoms with Gasteiger partial charge in [-0.3, -0.25) is 9.59 Å². The SMILES string of the molecule is O=C(O)C[C@H]1CCC(=O)[C@@H]1C/C=C\CCO[C@@H]1O[C@@H](CO)[C@@H](O)[C@H](O)[C@@H]1O. The Balaban J connectivity index is 1.73. The predicted molar refractivity (Wildman–Crippen MR) is 91.6 cm³/mol. The number of carboxylic acid groups (broad SMARTS) is 1. The van der Waals surface area contributed by atoms with E-state index in [-0.39, 0.29) is 30.6 Å². The maximum atomic E-state index is 11.9. The molecule has 0 radical (unpaired) electrons. The van der Waals surface area contributed by atoms with Gasteiger partial charge >= 0.3 is 5.97 Å². The Labute approximate surface area is 157 Å². The minimum Gasteiger partial charge on any atom is -0.481 e. The third-order valence-corrected chi connectivity index (χ3v) is 5.15. The first-order valence-electron chi connectivity index (χ1n) is 9.16. The van der Waals surface area contributed by atoms with Gasteiger partial charge < -0.3 is 35.0 Å². The molecule has 0 unspecified atom stereocenters. The summed E-state index contributed by atoms with van der Waals surface area (Å²) in [5, 5.41) is 47.3. The van der Waals surface area contributed by atoms with E-state index in [1.165, 1.54) is 0 Å². The van der Waals surface area contributed by atoms with E-state index in [0.717, 1.165) is 0 Å². The summed E-state index contributed by atoms with van der Waals surface area (Å²) in [4.78, 5) is 22.7. The van der Waals surface area contributed by atoms with Crippen molar-refractivity contribution in [3.8, 4) is 0 Å². The van der Waals surface area contributed by atoms with E-state index in [1.807, 2.05) is 6.08 Å². The lowest BCUT2D eigenvalue weighted by atomic mass is 9.89. The molecule has 1 saturated carbocycles. The second-order valence-corrected chi connectivity index (χ2v) is 7.03. The number of carboxylic acids is 1. The van der Waals surface area contributed by atoms with Crippen LogP contribution in [0.2, 0.25) is 0 Å². The van der Waals surface area contributed by atoms with Gasteiger partial charge in [-0.05, 0) is 25.2 Å². The van der Waals surface area contributed by atoms with Crippen LogP contribution in [0, 0.1) is 11.8 Å². The lowest BCUT2D eigenvalue weighted by Crippen LogP contribution is -2.59. The molecule has 9 nitrogen and oxygen atoms in total. The molecule has 1 heterocycles. The number of carbonyl (C=O) groups is 2. The molecule has 27 heavy (non-hydrogen) atoms. The molecule has 154 valence electrons. The zero-order chi connectivity index (χ0) is 20.0. The first kappa shape index (κ1) is 21.9. The minimum atomic E-state index is -1.48. The highest BCUT2D eigenvalue weighted by molar-refractivity contribution is 5.84. The number of aliphatic hydroxyl groups is 4. The smallest absolute Gasteiger partial charge is 0.303 e. The van der Waals surface area contributed by atoms with Gasteiger partial charge in [-0.25, -0.2) is 0 Å². The van der Waals surface area contributed by atoms with Crippen LogP contribution < -0.4 is 0 Å². The van der Waals surface area contributed by atoms with Crippen LogP contribution in [0.5, 0.6) is 0 Å². The normalized spacial score (nSPS) is 37.2. The second kappa shape index (κ2) is 10.3. The van der Waals surface area contributed by atoms with Gasteiger partial charge in [0.1, 0.15) is 30.2 Å². The molecule has 0 amide bonds. The molecule has 0 spiro atoms. The van der Waals surface area contributed by atoms with Gasteiger partial charge in [-0.1, -0.05) is 12.2 Å². The summed E-state index contributed by atoms with van der Waals surface area (Å²) in [6, 6.07) is 0. The van der Waals surface area contributed by atoms with Crippen molar-refractivity contribution in [2.45, 2.75) is 62.8 Å². The van der Waals surface area contributed by atoms with Gasteiger partial charge in [-0.15, -0.1) is 0 Å². The highest BCUT2D eigenvalue weighted by Gasteiger charge is 2.43. The van der Waals surface area contributed by atoms with E-state index in [2.05, 4.69) is 0 Å². The van der Waals surface area contributed by atoms with E-state index in [9.17, 15) is 24.9 Å². The highest BCUT2D eigenvalue weighted by atomic mass is 16.7. The summed E-state index contributed by atoms with van der Waals surface area (Å²) in [7, 11) is 0. The maximum absolute atomic E-state index is 11.9. The number of rotatable bonds is 9. The van der Waals surface area contributed by atoms with Crippen LogP contribution in [0.3, 0.4) is 0 Å². The third kappa shape index (κ3) is 5.81. The topological polar surface area (TPSA) is 154 Å². The number of hydrogen-bond acceptors (Lipinski definition) is 8. The van der Waals surface area contributed by atoms with Crippen molar-refractivity contribution < 1.29 is 44.6 Å².